The van der Waals surface area contributed by atoms with Crippen molar-refractivity contribution in [1.29, 1.82) is 0 Å². The summed E-state index contributed by atoms with van der Waals surface area (Å²) in [5, 5.41) is 6.80. The molecule has 1 rings (SSSR count). The molecule has 0 fully saturated rings. The smallest absolute Gasteiger partial charge is 0.268 e. The predicted octanol–water partition coefficient (Wildman–Crippen LogP) is 0.274. The van der Waals surface area contributed by atoms with Crippen LogP contribution in [-0.2, 0) is 6.42 Å². The molecule has 5 heteroatoms. The number of H-pyrrole nitrogens is 1. The van der Waals surface area contributed by atoms with Gasteiger partial charge in [-0.1, -0.05) is 13.3 Å². The first-order valence-electron chi connectivity index (χ1n) is 4.25. The molecule has 1 aromatic heterocycles. The third-order valence-corrected chi connectivity index (χ3v) is 1.87. The van der Waals surface area contributed by atoms with Crippen LogP contribution in [-0.4, -0.2) is 16.1 Å². The number of aromatic amines is 1. The highest BCUT2D eigenvalue weighted by atomic mass is 16.2. The molecule has 0 saturated carbocycles. The summed E-state index contributed by atoms with van der Waals surface area (Å²) >= 11 is 0. The van der Waals surface area contributed by atoms with E-state index in [0.717, 1.165) is 24.2 Å². The highest BCUT2D eigenvalue weighted by Gasteiger charge is 2.15. The Kier molecular flexibility index (Phi) is 3.02. The predicted molar refractivity (Wildman–Crippen MR) is 49.0 cm³/mol. The molecule has 0 saturated heterocycles. The molecule has 0 atom stereocenters. The van der Waals surface area contributed by atoms with Crippen LogP contribution in [0.25, 0.3) is 0 Å². The topological polar surface area (TPSA) is 83.8 Å². The Labute approximate surface area is 76.7 Å². The van der Waals surface area contributed by atoms with Gasteiger partial charge in [-0.05, 0) is 13.3 Å². The lowest BCUT2D eigenvalue weighted by Gasteiger charge is -2.00. The number of rotatable bonds is 3. The van der Waals surface area contributed by atoms with Crippen molar-refractivity contribution >= 4 is 5.91 Å². The largest absolute Gasteiger partial charge is 0.290 e. The van der Waals surface area contributed by atoms with Gasteiger partial charge in [0, 0.05) is 5.69 Å². The zero-order valence-electron chi connectivity index (χ0n) is 7.85. The number of nitrogens with one attached hydrogen (secondary N) is 2. The average Bonchev–Trinajstić information content (AvgIpc) is 2.47. The summed E-state index contributed by atoms with van der Waals surface area (Å²) in [6.45, 7) is 3.84. The number of nitrogens with two attached hydrogens (primary N) is 1. The van der Waals surface area contributed by atoms with Crippen molar-refractivity contribution in [3.63, 3.8) is 0 Å². The fourth-order valence-electron chi connectivity index (χ4n) is 1.27. The van der Waals surface area contributed by atoms with Gasteiger partial charge >= 0.3 is 0 Å². The highest BCUT2D eigenvalue weighted by molar-refractivity contribution is 5.95. The Balaban J connectivity index is 3.01. The van der Waals surface area contributed by atoms with Crippen molar-refractivity contribution < 1.29 is 4.79 Å². The molecule has 0 radical (unpaired) electrons. The van der Waals surface area contributed by atoms with Crippen molar-refractivity contribution in [2.75, 3.05) is 0 Å². The third kappa shape index (κ3) is 1.86. The van der Waals surface area contributed by atoms with Gasteiger partial charge in [0.05, 0.1) is 11.3 Å². The summed E-state index contributed by atoms with van der Waals surface area (Å²) in [7, 11) is 0. The minimum absolute atomic E-state index is 0.283. The Hall–Kier alpha value is -1.36. The van der Waals surface area contributed by atoms with E-state index in [1.165, 1.54) is 0 Å². The van der Waals surface area contributed by atoms with Gasteiger partial charge in [0.1, 0.15) is 0 Å². The van der Waals surface area contributed by atoms with Crippen molar-refractivity contribution in [3.8, 4) is 0 Å². The quantitative estimate of drug-likeness (QED) is 0.356. The van der Waals surface area contributed by atoms with E-state index in [2.05, 4.69) is 15.6 Å². The molecule has 4 N–H and O–H groups in total. The normalized spacial score (nSPS) is 10.1. The number of aromatic nitrogens is 2. The molecular weight excluding hydrogens is 168 g/mol. The maximum absolute atomic E-state index is 11.3. The molecule has 72 valence electrons. The van der Waals surface area contributed by atoms with Crippen LogP contribution in [0, 0.1) is 6.92 Å². The molecule has 0 aromatic carbocycles. The van der Waals surface area contributed by atoms with Crippen molar-refractivity contribution in [2.24, 2.45) is 5.84 Å². The number of carbonyl (C=O) groups excluding carboxylic acids is 1. The van der Waals surface area contributed by atoms with E-state index in [0.29, 0.717) is 5.56 Å². The molecule has 1 amide bonds. The summed E-state index contributed by atoms with van der Waals surface area (Å²) in [6, 6.07) is 0. The van der Waals surface area contributed by atoms with E-state index in [-0.39, 0.29) is 5.91 Å². The monoisotopic (exact) mass is 182 g/mol. The molecule has 0 aliphatic heterocycles. The van der Waals surface area contributed by atoms with Crippen LogP contribution in [0.2, 0.25) is 0 Å². The van der Waals surface area contributed by atoms with Gasteiger partial charge in [0.25, 0.3) is 5.91 Å². The zero-order valence-corrected chi connectivity index (χ0v) is 7.85. The number of nitrogen functional groups attached to an aromatic ring is 1. The fraction of sp³-hybridized carbons (Fsp3) is 0.500. The number of hydrazine groups is 1. The lowest BCUT2D eigenvalue weighted by molar-refractivity contribution is 0.0952. The summed E-state index contributed by atoms with van der Waals surface area (Å²) in [6.07, 6.45) is 1.74. The fourth-order valence-corrected chi connectivity index (χ4v) is 1.27. The van der Waals surface area contributed by atoms with Crippen LogP contribution >= 0.6 is 0 Å². The lowest BCUT2D eigenvalue weighted by Crippen LogP contribution is -2.31. The molecule has 5 nitrogen and oxygen atoms in total. The second kappa shape index (κ2) is 4.04. The van der Waals surface area contributed by atoms with Crippen molar-refractivity contribution in [1.82, 2.24) is 15.6 Å². The van der Waals surface area contributed by atoms with E-state index >= 15 is 0 Å². The molecule has 0 bridgehead atoms. The number of aryl methyl sites for hydroxylation is 2. The van der Waals surface area contributed by atoms with Crippen LogP contribution in [0.15, 0.2) is 0 Å². The molecule has 1 heterocycles. The first kappa shape index (κ1) is 9.73. The summed E-state index contributed by atoms with van der Waals surface area (Å²) in [5.74, 6) is 4.77. The van der Waals surface area contributed by atoms with Crippen LogP contribution in [0.4, 0.5) is 0 Å². The highest BCUT2D eigenvalue weighted by Crippen LogP contribution is 2.11. The first-order valence-corrected chi connectivity index (χ1v) is 4.25. The molecule has 0 aliphatic rings. The second-order valence-electron chi connectivity index (χ2n) is 2.89. The Morgan fingerprint density at radius 1 is 1.69 bits per heavy atom. The molecular formula is C8H14N4O. The SMILES string of the molecule is CCCc1n[nH]c(C)c1C(=O)NN. The number of amides is 1. The van der Waals surface area contributed by atoms with E-state index < -0.39 is 0 Å². The van der Waals surface area contributed by atoms with Gasteiger partial charge in [-0.15, -0.1) is 0 Å². The summed E-state index contributed by atoms with van der Waals surface area (Å²) in [5.41, 5.74) is 4.22. The molecule has 0 spiro atoms. The van der Waals surface area contributed by atoms with Crippen LogP contribution in [0.1, 0.15) is 35.1 Å². The van der Waals surface area contributed by atoms with Gasteiger partial charge in [-0.2, -0.15) is 5.10 Å². The van der Waals surface area contributed by atoms with Crippen LogP contribution in [0.3, 0.4) is 0 Å². The maximum atomic E-state index is 11.3. The minimum Gasteiger partial charge on any atom is -0.290 e. The molecule has 1 aromatic rings. The van der Waals surface area contributed by atoms with Gasteiger partial charge in [0.15, 0.2) is 0 Å². The molecule has 0 aliphatic carbocycles. The molecule has 13 heavy (non-hydrogen) atoms. The van der Waals surface area contributed by atoms with E-state index in [1.807, 2.05) is 6.92 Å². The Morgan fingerprint density at radius 3 is 2.92 bits per heavy atom. The maximum Gasteiger partial charge on any atom is 0.268 e. The van der Waals surface area contributed by atoms with Crippen LogP contribution in [0.5, 0.6) is 0 Å². The lowest BCUT2D eigenvalue weighted by atomic mass is 10.1. The van der Waals surface area contributed by atoms with Crippen molar-refractivity contribution in [2.45, 2.75) is 26.7 Å². The number of hydrogen-bond acceptors (Lipinski definition) is 3. The third-order valence-electron chi connectivity index (χ3n) is 1.87. The minimum atomic E-state index is -0.283. The van der Waals surface area contributed by atoms with E-state index in [9.17, 15) is 4.79 Å². The van der Waals surface area contributed by atoms with Gasteiger partial charge in [0.2, 0.25) is 0 Å². The zero-order chi connectivity index (χ0) is 9.84. The number of nitrogens with zero attached hydrogens (tertiary/aromatic N) is 1. The Morgan fingerprint density at radius 2 is 2.38 bits per heavy atom. The standard InChI is InChI=1S/C8H14N4O/c1-3-4-6-7(8(13)10-9)5(2)11-12-6/h3-4,9H2,1-2H3,(H,10,13)(H,11,12). The summed E-state index contributed by atoms with van der Waals surface area (Å²) < 4.78 is 0. The average molecular weight is 182 g/mol. The second-order valence-corrected chi connectivity index (χ2v) is 2.89. The van der Waals surface area contributed by atoms with Crippen LogP contribution < -0.4 is 11.3 Å². The summed E-state index contributed by atoms with van der Waals surface area (Å²) in [4.78, 5) is 11.3. The van der Waals surface area contributed by atoms with E-state index in [4.69, 9.17) is 5.84 Å². The molecule has 0 unspecified atom stereocenters. The van der Waals surface area contributed by atoms with Gasteiger partial charge < -0.3 is 0 Å². The van der Waals surface area contributed by atoms with Gasteiger partial charge in [-0.3, -0.25) is 15.3 Å². The van der Waals surface area contributed by atoms with Gasteiger partial charge in [-0.25, -0.2) is 5.84 Å². The Bertz CT molecular complexity index is 305. The van der Waals surface area contributed by atoms with E-state index in [1.54, 1.807) is 6.92 Å². The number of carbonyl (C=O) groups is 1. The first-order chi connectivity index (χ1) is 6.20. The van der Waals surface area contributed by atoms with Crippen molar-refractivity contribution in [3.05, 3.63) is 17.0 Å². The number of hydrogen-bond donors (Lipinski definition) is 3.